The lowest BCUT2D eigenvalue weighted by Crippen LogP contribution is -2.49. The molecule has 1 aromatic heterocycles. The number of carboxylic acids is 1. The highest BCUT2D eigenvalue weighted by molar-refractivity contribution is 5.84. The highest BCUT2D eigenvalue weighted by Crippen LogP contribution is 2.28. The third-order valence-corrected chi connectivity index (χ3v) is 5.05. The minimum Gasteiger partial charge on any atom is -0.476 e. The number of amides is 1. The number of carbonyl (C=O) groups excluding carboxylic acids is 1. The molecule has 1 aliphatic heterocycles. The lowest BCUT2D eigenvalue weighted by Gasteiger charge is -2.35. The molecular weight excluding hydrogens is 308 g/mol. The molecule has 1 saturated carbocycles. The van der Waals surface area contributed by atoms with Crippen LogP contribution in [0.1, 0.15) is 49.0 Å². The number of carboxylic acid groups (broad SMARTS) is 1. The molecule has 130 valence electrons. The van der Waals surface area contributed by atoms with Crippen molar-refractivity contribution in [1.29, 1.82) is 0 Å². The summed E-state index contributed by atoms with van der Waals surface area (Å²) in [6.07, 6.45) is 9.66. The van der Waals surface area contributed by atoms with Gasteiger partial charge in [0.25, 0.3) is 0 Å². The Morgan fingerprint density at radius 2 is 1.79 bits per heavy atom. The van der Waals surface area contributed by atoms with Crippen LogP contribution in [0.5, 0.6) is 0 Å². The molecular formula is C17H24N4O3. The van der Waals surface area contributed by atoms with E-state index in [1.165, 1.54) is 38.1 Å². The van der Waals surface area contributed by atoms with E-state index in [4.69, 9.17) is 5.11 Å². The topological polar surface area (TPSA) is 86.6 Å². The van der Waals surface area contributed by atoms with Gasteiger partial charge in [-0.3, -0.25) is 4.79 Å². The Balaban J connectivity index is 1.46. The lowest BCUT2D eigenvalue weighted by molar-refractivity contribution is -0.131. The normalized spacial score (nSPS) is 18.8. The van der Waals surface area contributed by atoms with Gasteiger partial charge in [0.1, 0.15) is 5.82 Å². The number of nitrogens with zero attached hydrogens (tertiary/aromatic N) is 4. The van der Waals surface area contributed by atoms with Crippen molar-refractivity contribution in [3.05, 3.63) is 18.1 Å². The van der Waals surface area contributed by atoms with E-state index >= 15 is 0 Å². The van der Waals surface area contributed by atoms with E-state index in [2.05, 4.69) is 9.97 Å². The molecule has 7 nitrogen and oxygen atoms in total. The van der Waals surface area contributed by atoms with Crippen molar-refractivity contribution >= 4 is 17.7 Å². The van der Waals surface area contributed by atoms with E-state index in [1.54, 1.807) is 0 Å². The SMILES string of the molecule is O=C(O)c1cnc(N2CCN(C(=O)CCC3CCCC3)CC2)cn1. The Labute approximate surface area is 141 Å². The molecule has 0 aromatic carbocycles. The quantitative estimate of drug-likeness (QED) is 0.885. The molecule has 0 unspecified atom stereocenters. The van der Waals surface area contributed by atoms with E-state index < -0.39 is 5.97 Å². The van der Waals surface area contributed by atoms with Gasteiger partial charge in [0.2, 0.25) is 5.91 Å². The first-order valence-corrected chi connectivity index (χ1v) is 8.71. The van der Waals surface area contributed by atoms with E-state index in [1.807, 2.05) is 9.80 Å². The highest BCUT2D eigenvalue weighted by atomic mass is 16.4. The molecule has 0 spiro atoms. The maximum absolute atomic E-state index is 12.3. The van der Waals surface area contributed by atoms with Crippen LogP contribution in [0.2, 0.25) is 0 Å². The van der Waals surface area contributed by atoms with Crippen LogP contribution in [0.3, 0.4) is 0 Å². The monoisotopic (exact) mass is 332 g/mol. The Hall–Kier alpha value is -2.18. The summed E-state index contributed by atoms with van der Waals surface area (Å²) < 4.78 is 0. The number of rotatable bonds is 5. The zero-order chi connectivity index (χ0) is 16.9. The number of aromatic carboxylic acids is 1. The maximum atomic E-state index is 12.3. The van der Waals surface area contributed by atoms with Gasteiger partial charge in [-0.25, -0.2) is 14.8 Å². The first-order chi connectivity index (χ1) is 11.6. The van der Waals surface area contributed by atoms with Crippen LogP contribution < -0.4 is 4.90 Å². The number of anilines is 1. The first kappa shape index (κ1) is 16.7. The average Bonchev–Trinajstić information content (AvgIpc) is 3.13. The summed E-state index contributed by atoms with van der Waals surface area (Å²) in [6, 6.07) is 0. The fourth-order valence-corrected chi connectivity index (χ4v) is 3.56. The third-order valence-electron chi connectivity index (χ3n) is 5.05. The molecule has 24 heavy (non-hydrogen) atoms. The average molecular weight is 332 g/mol. The lowest BCUT2D eigenvalue weighted by atomic mass is 10.0. The number of hydrogen-bond donors (Lipinski definition) is 1. The van der Waals surface area contributed by atoms with Crippen molar-refractivity contribution in [2.75, 3.05) is 31.1 Å². The van der Waals surface area contributed by atoms with Crippen LogP contribution in [-0.2, 0) is 4.79 Å². The smallest absolute Gasteiger partial charge is 0.356 e. The molecule has 1 amide bonds. The number of aromatic nitrogens is 2. The van der Waals surface area contributed by atoms with Gasteiger partial charge in [0, 0.05) is 32.6 Å². The van der Waals surface area contributed by atoms with E-state index in [0.29, 0.717) is 38.4 Å². The van der Waals surface area contributed by atoms with Crippen LogP contribution in [0, 0.1) is 5.92 Å². The number of hydrogen-bond acceptors (Lipinski definition) is 5. The van der Waals surface area contributed by atoms with Crippen molar-refractivity contribution in [1.82, 2.24) is 14.9 Å². The molecule has 2 aliphatic rings. The fourth-order valence-electron chi connectivity index (χ4n) is 3.56. The van der Waals surface area contributed by atoms with Crippen molar-refractivity contribution in [2.45, 2.75) is 38.5 Å². The van der Waals surface area contributed by atoms with Gasteiger partial charge >= 0.3 is 5.97 Å². The Morgan fingerprint density at radius 1 is 1.08 bits per heavy atom. The predicted octanol–water partition coefficient (Wildman–Crippen LogP) is 1.79. The largest absolute Gasteiger partial charge is 0.476 e. The van der Waals surface area contributed by atoms with Gasteiger partial charge in [-0.05, 0) is 12.3 Å². The maximum Gasteiger partial charge on any atom is 0.356 e. The Bertz CT molecular complexity index is 576. The Morgan fingerprint density at radius 3 is 2.38 bits per heavy atom. The van der Waals surface area contributed by atoms with Gasteiger partial charge in [-0.1, -0.05) is 25.7 Å². The molecule has 3 rings (SSSR count). The van der Waals surface area contributed by atoms with E-state index in [0.717, 1.165) is 12.3 Å². The fraction of sp³-hybridized carbons (Fsp3) is 0.647. The Kier molecular flexibility index (Phi) is 5.27. The molecule has 1 saturated heterocycles. The van der Waals surface area contributed by atoms with Gasteiger partial charge in [-0.15, -0.1) is 0 Å². The van der Waals surface area contributed by atoms with Crippen LogP contribution in [0.25, 0.3) is 0 Å². The summed E-state index contributed by atoms with van der Waals surface area (Å²) in [4.78, 5) is 35.2. The van der Waals surface area contributed by atoms with Crippen LogP contribution in [-0.4, -0.2) is 58.0 Å². The number of carbonyl (C=O) groups is 2. The van der Waals surface area contributed by atoms with E-state index in [9.17, 15) is 9.59 Å². The summed E-state index contributed by atoms with van der Waals surface area (Å²) in [7, 11) is 0. The third kappa shape index (κ3) is 4.01. The molecule has 0 radical (unpaired) electrons. The molecule has 1 aliphatic carbocycles. The van der Waals surface area contributed by atoms with Gasteiger partial charge in [0.05, 0.1) is 12.4 Å². The van der Waals surface area contributed by atoms with Crippen LogP contribution in [0.4, 0.5) is 5.82 Å². The molecule has 2 fully saturated rings. The second kappa shape index (κ2) is 7.59. The molecule has 1 aromatic rings. The van der Waals surface area contributed by atoms with Crippen molar-refractivity contribution in [3.8, 4) is 0 Å². The summed E-state index contributed by atoms with van der Waals surface area (Å²) in [6.45, 7) is 2.78. The predicted molar refractivity (Wildman–Crippen MR) is 89.0 cm³/mol. The molecule has 2 heterocycles. The molecule has 7 heteroatoms. The van der Waals surface area contributed by atoms with Crippen molar-refractivity contribution < 1.29 is 14.7 Å². The van der Waals surface area contributed by atoms with Crippen LogP contribution >= 0.6 is 0 Å². The highest BCUT2D eigenvalue weighted by Gasteiger charge is 2.23. The van der Waals surface area contributed by atoms with Gasteiger partial charge < -0.3 is 14.9 Å². The van der Waals surface area contributed by atoms with Gasteiger partial charge in [0.15, 0.2) is 5.69 Å². The zero-order valence-corrected chi connectivity index (χ0v) is 13.9. The van der Waals surface area contributed by atoms with Crippen molar-refractivity contribution in [2.24, 2.45) is 5.92 Å². The summed E-state index contributed by atoms with van der Waals surface area (Å²) >= 11 is 0. The summed E-state index contributed by atoms with van der Waals surface area (Å²) in [5, 5.41) is 8.85. The minimum absolute atomic E-state index is 0.0560. The minimum atomic E-state index is -1.08. The first-order valence-electron chi connectivity index (χ1n) is 8.71. The summed E-state index contributed by atoms with van der Waals surface area (Å²) in [5.41, 5.74) is -0.0560. The number of piperazine rings is 1. The van der Waals surface area contributed by atoms with Gasteiger partial charge in [-0.2, -0.15) is 0 Å². The zero-order valence-electron chi connectivity index (χ0n) is 13.9. The van der Waals surface area contributed by atoms with Crippen molar-refractivity contribution in [3.63, 3.8) is 0 Å². The van der Waals surface area contributed by atoms with Crippen LogP contribution in [0.15, 0.2) is 12.4 Å². The second-order valence-electron chi connectivity index (χ2n) is 6.62. The second-order valence-corrected chi connectivity index (χ2v) is 6.62. The molecule has 0 atom stereocenters. The molecule has 1 N–H and O–H groups in total. The van der Waals surface area contributed by atoms with E-state index in [-0.39, 0.29) is 11.6 Å². The molecule has 0 bridgehead atoms. The standard InChI is InChI=1S/C17H24N4O3/c22-16(6-5-13-3-1-2-4-13)21-9-7-20(8-10-21)15-12-18-14(11-19-15)17(23)24/h11-13H,1-10H2,(H,23,24). The summed E-state index contributed by atoms with van der Waals surface area (Å²) in [5.74, 6) is 0.594.